The van der Waals surface area contributed by atoms with E-state index in [0.717, 1.165) is 33.4 Å². The molecular formula is C45H30N4. The van der Waals surface area contributed by atoms with Crippen LogP contribution < -0.4 is 0 Å². The van der Waals surface area contributed by atoms with Gasteiger partial charge in [-0.3, -0.25) is 0 Å². The molecule has 7 aromatic carbocycles. The van der Waals surface area contributed by atoms with Crippen LogP contribution in [0, 0.1) is 0 Å². The lowest BCUT2D eigenvalue weighted by Gasteiger charge is -2.12. The molecule has 0 aliphatic heterocycles. The van der Waals surface area contributed by atoms with Crippen molar-refractivity contribution in [3.63, 3.8) is 0 Å². The van der Waals surface area contributed by atoms with Crippen LogP contribution in [0.3, 0.4) is 0 Å². The first-order valence-corrected chi connectivity index (χ1v) is 16.5. The van der Waals surface area contributed by atoms with Crippen molar-refractivity contribution in [2.45, 2.75) is 0 Å². The lowest BCUT2D eigenvalue weighted by molar-refractivity contribution is 1.07. The van der Waals surface area contributed by atoms with E-state index in [2.05, 4.69) is 126 Å². The fraction of sp³-hybridized carbons (Fsp3) is 0. The summed E-state index contributed by atoms with van der Waals surface area (Å²) < 4.78 is 2.37. The second kappa shape index (κ2) is 12.2. The number of fused-ring (bicyclic) bond motifs is 3. The molecule has 0 saturated carbocycles. The van der Waals surface area contributed by atoms with Gasteiger partial charge < -0.3 is 4.57 Å². The number of hydrogen-bond acceptors (Lipinski definition) is 3. The number of aromatic nitrogens is 4. The smallest absolute Gasteiger partial charge is 0.164 e. The van der Waals surface area contributed by atoms with Crippen LogP contribution in [0.4, 0.5) is 0 Å². The van der Waals surface area contributed by atoms with Gasteiger partial charge >= 0.3 is 0 Å². The van der Waals surface area contributed by atoms with Crippen molar-refractivity contribution < 1.29 is 0 Å². The van der Waals surface area contributed by atoms with Gasteiger partial charge in [-0.25, -0.2) is 15.0 Å². The van der Waals surface area contributed by atoms with Crippen LogP contribution >= 0.6 is 0 Å². The summed E-state index contributed by atoms with van der Waals surface area (Å²) in [6, 6.07) is 63.5. The molecule has 9 rings (SSSR count). The van der Waals surface area contributed by atoms with E-state index in [9.17, 15) is 0 Å². The topological polar surface area (TPSA) is 43.6 Å². The van der Waals surface area contributed by atoms with E-state index in [1.54, 1.807) is 0 Å². The Hall–Kier alpha value is -6.65. The zero-order valence-electron chi connectivity index (χ0n) is 26.6. The standard InChI is InChI=1S/C45H30N4/c1-5-14-31(15-6-1)35-25-27-41-40(29-35)39-26-24-36(32-16-7-2-8-17-32)30-42(39)49(41)38-23-13-22-37(28-38)45-47-43(33-18-9-3-10-19-33)46-44(48-45)34-20-11-4-12-21-34/h1-30H. The van der Waals surface area contributed by atoms with Crippen molar-refractivity contribution in [1.82, 2.24) is 19.5 Å². The van der Waals surface area contributed by atoms with E-state index >= 15 is 0 Å². The molecule has 0 spiro atoms. The average molecular weight is 627 g/mol. The quantitative estimate of drug-likeness (QED) is 0.184. The van der Waals surface area contributed by atoms with Crippen molar-refractivity contribution in [1.29, 1.82) is 0 Å². The van der Waals surface area contributed by atoms with Crippen molar-refractivity contribution in [2.75, 3.05) is 0 Å². The molecule has 0 amide bonds. The summed E-state index contributed by atoms with van der Waals surface area (Å²) >= 11 is 0. The maximum Gasteiger partial charge on any atom is 0.164 e. The summed E-state index contributed by atoms with van der Waals surface area (Å²) in [6.07, 6.45) is 0. The monoisotopic (exact) mass is 626 g/mol. The molecule has 9 aromatic rings. The lowest BCUT2D eigenvalue weighted by Crippen LogP contribution is -2.01. The minimum Gasteiger partial charge on any atom is -0.309 e. The zero-order valence-corrected chi connectivity index (χ0v) is 26.6. The highest BCUT2D eigenvalue weighted by molar-refractivity contribution is 6.11. The highest BCUT2D eigenvalue weighted by Gasteiger charge is 2.17. The van der Waals surface area contributed by atoms with Crippen LogP contribution in [0.15, 0.2) is 182 Å². The second-order valence-electron chi connectivity index (χ2n) is 12.1. The Labute approximate surface area is 284 Å². The van der Waals surface area contributed by atoms with Gasteiger partial charge in [-0.2, -0.15) is 0 Å². The van der Waals surface area contributed by atoms with Crippen molar-refractivity contribution >= 4 is 21.8 Å². The summed E-state index contributed by atoms with van der Waals surface area (Å²) in [5, 5.41) is 2.41. The number of benzene rings is 7. The molecule has 4 nitrogen and oxygen atoms in total. The molecule has 0 fully saturated rings. The first-order valence-electron chi connectivity index (χ1n) is 16.5. The summed E-state index contributed by atoms with van der Waals surface area (Å²) in [6.45, 7) is 0. The van der Waals surface area contributed by atoms with E-state index in [1.807, 2.05) is 60.7 Å². The molecule has 0 N–H and O–H groups in total. The molecule has 0 saturated heterocycles. The van der Waals surface area contributed by atoms with Gasteiger partial charge in [0.05, 0.1) is 11.0 Å². The first-order chi connectivity index (χ1) is 24.3. The summed E-state index contributed by atoms with van der Waals surface area (Å²) in [4.78, 5) is 14.9. The summed E-state index contributed by atoms with van der Waals surface area (Å²) in [5.41, 5.74) is 10.9. The highest BCUT2D eigenvalue weighted by Crippen LogP contribution is 2.38. The Kier molecular flexibility index (Phi) is 7.10. The van der Waals surface area contributed by atoms with Crippen LogP contribution in [0.5, 0.6) is 0 Å². The summed E-state index contributed by atoms with van der Waals surface area (Å²) in [7, 11) is 0. The van der Waals surface area contributed by atoms with Crippen LogP contribution in [0.1, 0.15) is 0 Å². The summed E-state index contributed by atoms with van der Waals surface area (Å²) in [5.74, 6) is 1.92. The van der Waals surface area contributed by atoms with Crippen LogP contribution in [0.2, 0.25) is 0 Å². The van der Waals surface area contributed by atoms with Gasteiger partial charge in [-0.1, -0.05) is 152 Å². The number of nitrogens with zero attached hydrogens (tertiary/aromatic N) is 4. The van der Waals surface area contributed by atoms with Gasteiger partial charge in [-0.15, -0.1) is 0 Å². The molecular weight excluding hydrogens is 597 g/mol. The molecule has 2 heterocycles. The zero-order chi connectivity index (χ0) is 32.6. The van der Waals surface area contributed by atoms with Gasteiger partial charge in [0.25, 0.3) is 0 Å². The Bertz CT molecular complexity index is 2520. The molecule has 0 atom stereocenters. The van der Waals surface area contributed by atoms with E-state index in [0.29, 0.717) is 17.5 Å². The second-order valence-corrected chi connectivity index (χ2v) is 12.1. The first kappa shape index (κ1) is 28.6. The maximum atomic E-state index is 5.01. The van der Waals surface area contributed by atoms with Crippen LogP contribution in [-0.4, -0.2) is 19.5 Å². The van der Waals surface area contributed by atoms with E-state index in [1.165, 1.54) is 33.0 Å². The molecule has 0 bridgehead atoms. The van der Waals surface area contributed by atoms with Gasteiger partial charge in [-0.05, 0) is 52.6 Å². The lowest BCUT2D eigenvalue weighted by atomic mass is 10.0. The number of rotatable bonds is 6. The fourth-order valence-corrected chi connectivity index (χ4v) is 6.64. The van der Waals surface area contributed by atoms with Crippen molar-refractivity contribution in [3.05, 3.63) is 182 Å². The Morgan fingerprint density at radius 2 is 0.755 bits per heavy atom. The number of hydrogen-bond donors (Lipinski definition) is 0. The fourth-order valence-electron chi connectivity index (χ4n) is 6.64. The minimum atomic E-state index is 0.631. The third-order valence-corrected chi connectivity index (χ3v) is 9.04. The molecule has 0 unspecified atom stereocenters. The SMILES string of the molecule is c1ccc(-c2ccc3c(c2)c2ccc(-c4ccccc4)cc2n3-c2cccc(-c3nc(-c4ccccc4)nc(-c4ccccc4)n3)c2)cc1. The Balaban J connectivity index is 1.25. The normalized spacial score (nSPS) is 11.3. The maximum absolute atomic E-state index is 5.01. The largest absolute Gasteiger partial charge is 0.309 e. The minimum absolute atomic E-state index is 0.631. The van der Waals surface area contributed by atoms with Gasteiger partial charge in [0, 0.05) is 33.2 Å². The Morgan fingerprint density at radius 1 is 0.286 bits per heavy atom. The third kappa shape index (κ3) is 5.35. The molecule has 230 valence electrons. The van der Waals surface area contributed by atoms with E-state index < -0.39 is 0 Å². The molecule has 4 heteroatoms. The highest BCUT2D eigenvalue weighted by atomic mass is 15.0. The Morgan fingerprint density at radius 3 is 1.33 bits per heavy atom. The van der Waals surface area contributed by atoms with Gasteiger partial charge in [0.15, 0.2) is 17.5 Å². The molecule has 49 heavy (non-hydrogen) atoms. The molecule has 0 aliphatic rings. The van der Waals surface area contributed by atoms with E-state index in [4.69, 9.17) is 15.0 Å². The molecule has 0 aliphatic carbocycles. The van der Waals surface area contributed by atoms with Gasteiger partial charge in [0.1, 0.15) is 0 Å². The van der Waals surface area contributed by atoms with Crippen molar-refractivity contribution in [3.8, 4) is 62.1 Å². The van der Waals surface area contributed by atoms with Gasteiger partial charge in [0.2, 0.25) is 0 Å². The molecule has 2 aromatic heterocycles. The van der Waals surface area contributed by atoms with Crippen LogP contribution in [0.25, 0.3) is 83.9 Å². The third-order valence-electron chi connectivity index (χ3n) is 9.04. The van der Waals surface area contributed by atoms with E-state index in [-0.39, 0.29) is 0 Å². The van der Waals surface area contributed by atoms with Crippen LogP contribution in [-0.2, 0) is 0 Å². The van der Waals surface area contributed by atoms with Crippen molar-refractivity contribution in [2.24, 2.45) is 0 Å². The molecule has 0 radical (unpaired) electrons. The predicted octanol–water partition coefficient (Wildman–Crippen LogP) is 11.3. The predicted molar refractivity (Wildman–Crippen MR) is 201 cm³/mol. The average Bonchev–Trinajstić information content (AvgIpc) is 3.52.